The average molecular weight is 290 g/mol. The molecule has 2 rings (SSSR count). The quantitative estimate of drug-likeness (QED) is 0.841. The number of hydrogen-bond donors (Lipinski definition) is 2. The van der Waals surface area contributed by atoms with E-state index in [1.165, 1.54) is 0 Å². The van der Waals surface area contributed by atoms with E-state index < -0.39 is 0 Å². The Kier molecular flexibility index (Phi) is 5.56. The highest BCUT2D eigenvalue weighted by atomic mass is 16.1. The molecule has 0 bridgehead atoms. The molecule has 2 heterocycles. The number of likely N-dealkylation sites (tertiary alicyclic amines) is 1. The highest BCUT2D eigenvalue weighted by Crippen LogP contribution is 2.17. The predicted octanol–water partition coefficient (Wildman–Crippen LogP) is 1.97. The van der Waals surface area contributed by atoms with Crippen LogP contribution in [0.2, 0.25) is 0 Å². The number of anilines is 1. The molecule has 0 aliphatic carbocycles. The number of aromatic nitrogens is 1. The molecular formula is C16H26N4O. The molecule has 1 aromatic heterocycles. The number of rotatable bonds is 6. The maximum absolute atomic E-state index is 12.1. The second-order valence-corrected chi connectivity index (χ2v) is 5.92. The van der Waals surface area contributed by atoms with Gasteiger partial charge in [0.05, 0.1) is 5.56 Å². The Morgan fingerprint density at radius 3 is 2.86 bits per heavy atom. The first-order valence-electron chi connectivity index (χ1n) is 7.82. The van der Waals surface area contributed by atoms with Gasteiger partial charge in [0, 0.05) is 31.9 Å². The smallest absolute Gasteiger partial charge is 0.252 e. The van der Waals surface area contributed by atoms with E-state index in [1.54, 1.807) is 6.20 Å². The Labute approximate surface area is 127 Å². The molecular weight excluding hydrogens is 264 g/mol. The first-order valence-corrected chi connectivity index (χ1v) is 7.82. The molecule has 0 radical (unpaired) electrons. The van der Waals surface area contributed by atoms with Gasteiger partial charge in [0.15, 0.2) is 0 Å². The number of pyridine rings is 1. The van der Waals surface area contributed by atoms with Crippen LogP contribution in [0.5, 0.6) is 0 Å². The minimum absolute atomic E-state index is 0.0338. The van der Waals surface area contributed by atoms with E-state index in [1.807, 2.05) is 19.1 Å². The van der Waals surface area contributed by atoms with Gasteiger partial charge in [-0.25, -0.2) is 4.98 Å². The van der Waals surface area contributed by atoms with E-state index in [-0.39, 0.29) is 5.91 Å². The number of carbonyl (C=O) groups is 1. The van der Waals surface area contributed by atoms with Gasteiger partial charge >= 0.3 is 0 Å². The van der Waals surface area contributed by atoms with Crippen molar-refractivity contribution in [3.63, 3.8) is 0 Å². The van der Waals surface area contributed by atoms with Crippen LogP contribution in [0.4, 0.5) is 5.82 Å². The van der Waals surface area contributed by atoms with Crippen molar-refractivity contribution in [1.82, 2.24) is 15.2 Å². The lowest BCUT2D eigenvalue weighted by Crippen LogP contribution is -2.33. The summed E-state index contributed by atoms with van der Waals surface area (Å²) in [5.74, 6) is 1.33. The third kappa shape index (κ3) is 4.43. The van der Waals surface area contributed by atoms with Gasteiger partial charge in [-0.05, 0) is 51.8 Å². The maximum atomic E-state index is 12.1. The predicted molar refractivity (Wildman–Crippen MR) is 85.5 cm³/mol. The fourth-order valence-corrected chi connectivity index (χ4v) is 2.65. The summed E-state index contributed by atoms with van der Waals surface area (Å²) in [7, 11) is 0. The number of nitrogens with zero attached hydrogens (tertiary/aromatic N) is 2. The lowest BCUT2D eigenvalue weighted by atomic mass is 10.1. The fraction of sp³-hybridized carbons (Fsp3) is 0.625. The minimum atomic E-state index is -0.0338. The lowest BCUT2D eigenvalue weighted by Gasteiger charge is -2.20. The van der Waals surface area contributed by atoms with Crippen LogP contribution < -0.4 is 10.6 Å². The number of hydrogen-bond acceptors (Lipinski definition) is 4. The van der Waals surface area contributed by atoms with Gasteiger partial charge in [0.2, 0.25) is 0 Å². The molecule has 1 saturated heterocycles. The molecule has 1 atom stereocenters. The summed E-state index contributed by atoms with van der Waals surface area (Å²) in [5, 5.41) is 6.14. The number of amides is 1. The third-order valence-electron chi connectivity index (χ3n) is 3.98. The van der Waals surface area contributed by atoms with E-state index in [0.717, 1.165) is 38.4 Å². The zero-order valence-corrected chi connectivity index (χ0v) is 13.2. The Bertz CT molecular complexity index is 458. The summed E-state index contributed by atoms with van der Waals surface area (Å²) < 4.78 is 0. The number of nitrogens with one attached hydrogen (secondary N) is 2. The average Bonchev–Trinajstić information content (AvgIpc) is 2.95. The van der Waals surface area contributed by atoms with Crippen LogP contribution in [0, 0.1) is 5.92 Å². The van der Waals surface area contributed by atoms with Crippen molar-refractivity contribution in [3.05, 3.63) is 23.9 Å². The molecule has 1 fully saturated rings. The van der Waals surface area contributed by atoms with Crippen molar-refractivity contribution in [1.29, 1.82) is 0 Å². The largest absolute Gasteiger partial charge is 0.370 e. The summed E-state index contributed by atoms with van der Waals surface area (Å²) in [6.07, 6.45) is 2.79. The van der Waals surface area contributed by atoms with Gasteiger partial charge in [-0.15, -0.1) is 0 Å². The van der Waals surface area contributed by atoms with Crippen LogP contribution in [-0.2, 0) is 0 Å². The molecule has 0 saturated carbocycles. The van der Waals surface area contributed by atoms with Crippen molar-refractivity contribution in [3.8, 4) is 0 Å². The van der Waals surface area contributed by atoms with E-state index in [2.05, 4.69) is 34.4 Å². The van der Waals surface area contributed by atoms with Gasteiger partial charge in [0.25, 0.3) is 5.91 Å². The Balaban J connectivity index is 1.79. The van der Waals surface area contributed by atoms with Crippen LogP contribution in [0.15, 0.2) is 18.3 Å². The molecule has 0 aromatic carbocycles. The summed E-state index contributed by atoms with van der Waals surface area (Å²) in [6.45, 7) is 10.2. The van der Waals surface area contributed by atoms with Crippen molar-refractivity contribution >= 4 is 11.7 Å². The fourth-order valence-electron chi connectivity index (χ4n) is 2.65. The lowest BCUT2D eigenvalue weighted by molar-refractivity contribution is 0.0947. The van der Waals surface area contributed by atoms with E-state index in [4.69, 9.17) is 0 Å². The molecule has 21 heavy (non-hydrogen) atoms. The van der Waals surface area contributed by atoms with Crippen molar-refractivity contribution in [2.24, 2.45) is 5.92 Å². The van der Waals surface area contributed by atoms with Crippen LogP contribution in [0.25, 0.3) is 0 Å². The van der Waals surface area contributed by atoms with Gasteiger partial charge in [-0.3, -0.25) is 4.79 Å². The molecule has 1 aliphatic rings. The Morgan fingerprint density at radius 2 is 2.29 bits per heavy atom. The molecule has 1 aliphatic heterocycles. The third-order valence-corrected chi connectivity index (χ3v) is 3.98. The van der Waals surface area contributed by atoms with Crippen molar-refractivity contribution < 1.29 is 4.79 Å². The van der Waals surface area contributed by atoms with Crippen LogP contribution >= 0.6 is 0 Å². The Morgan fingerprint density at radius 1 is 1.48 bits per heavy atom. The Hall–Kier alpha value is -1.62. The van der Waals surface area contributed by atoms with Crippen LogP contribution in [0.1, 0.15) is 37.6 Å². The summed E-state index contributed by atoms with van der Waals surface area (Å²) in [4.78, 5) is 18.8. The molecule has 5 nitrogen and oxygen atoms in total. The molecule has 1 unspecified atom stereocenters. The molecule has 1 aromatic rings. The normalized spacial score (nSPS) is 19.0. The first kappa shape index (κ1) is 15.8. The zero-order valence-electron chi connectivity index (χ0n) is 13.2. The van der Waals surface area contributed by atoms with Gasteiger partial charge in [0.1, 0.15) is 5.82 Å². The van der Waals surface area contributed by atoms with Crippen LogP contribution in [-0.4, -0.2) is 48.0 Å². The summed E-state index contributed by atoms with van der Waals surface area (Å²) in [6, 6.07) is 4.25. The van der Waals surface area contributed by atoms with E-state index in [9.17, 15) is 4.79 Å². The summed E-state index contributed by atoms with van der Waals surface area (Å²) in [5.41, 5.74) is 0.621. The maximum Gasteiger partial charge on any atom is 0.252 e. The minimum Gasteiger partial charge on any atom is -0.370 e. The molecule has 5 heteroatoms. The second kappa shape index (κ2) is 7.41. The van der Waals surface area contributed by atoms with Gasteiger partial charge in [-0.1, -0.05) is 0 Å². The highest BCUT2D eigenvalue weighted by Gasteiger charge is 2.24. The molecule has 2 N–H and O–H groups in total. The highest BCUT2D eigenvalue weighted by molar-refractivity contribution is 5.94. The van der Waals surface area contributed by atoms with Crippen LogP contribution in [0.3, 0.4) is 0 Å². The zero-order chi connectivity index (χ0) is 15.2. The van der Waals surface area contributed by atoms with E-state index in [0.29, 0.717) is 17.5 Å². The second-order valence-electron chi connectivity index (χ2n) is 5.92. The first-order chi connectivity index (χ1) is 10.1. The van der Waals surface area contributed by atoms with Gasteiger partial charge in [-0.2, -0.15) is 0 Å². The molecule has 1 amide bonds. The monoisotopic (exact) mass is 290 g/mol. The number of carbonyl (C=O) groups excluding carboxylic acids is 1. The molecule has 116 valence electrons. The molecule has 0 spiro atoms. The van der Waals surface area contributed by atoms with E-state index >= 15 is 0 Å². The van der Waals surface area contributed by atoms with Crippen molar-refractivity contribution in [2.45, 2.75) is 33.2 Å². The topological polar surface area (TPSA) is 57.3 Å². The summed E-state index contributed by atoms with van der Waals surface area (Å²) >= 11 is 0. The van der Waals surface area contributed by atoms with Gasteiger partial charge < -0.3 is 15.5 Å². The standard InChI is InChI=1S/C16H26N4O/c1-4-17-15-6-5-14(10-18-15)16(21)19-9-13-7-8-20(11-13)12(2)3/h5-6,10,12-13H,4,7-9,11H2,1-3H3,(H,17,18)(H,19,21). The van der Waals surface area contributed by atoms with Crippen molar-refractivity contribution in [2.75, 3.05) is 31.5 Å². The SMILES string of the molecule is CCNc1ccc(C(=O)NCC2CCN(C(C)C)C2)cn1.